The number of para-hydroxylation sites is 1. The fraction of sp³-hybridized carbons (Fsp3) is 0.250. The molecule has 0 saturated carbocycles. The van der Waals surface area contributed by atoms with Gasteiger partial charge in [-0.2, -0.15) is 0 Å². The predicted octanol–water partition coefficient (Wildman–Crippen LogP) is 4.17. The Morgan fingerprint density at radius 1 is 1.04 bits per heavy atom. The minimum atomic E-state index is -0.324. The van der Waals surface area contributed by atoms with Crippen LogP contribution in [0.5, 0.6) is 5.75 Å². The molecule has 0 spiro atoms. The molecular formula is C20H22O3. The summed E-state index contributed by atoms with van der Waals surface area (Å²) in [6.45, 7) is 4.18. The second-order valence-electron chi connectivity index (χ2n) is 5.09. The van der Waals surface area contributed by atoms with E-state index >= 15 is 0 Å². The number of rotatable bonds is 7. The SMILES string of the molecule is C/C=C(\COc1ccccc1Cc1ccccc1)C(=O)OCC. The summed E-state index contributed by atoms with van der Waals surface area (Å²) >= 11 is 0. The Labute approximate surface area is 137 Å². The summed E-state index contributed by atoms with van der Waals surface area (Å²) in [6, 6.07) is 18.1. The molecule has 0 aromatic heterocycles. The highest BCUT2D eigenvalue weighted by Crippen LogP contribution is 2.22. The first kappa shape index (κ1) is 16.8. The highest BCUT2D eigenvalue weighted by Gasteiger charge is 2.11. The minimum absolute atomic E-state index is 0.209. The van der Waals surface area contributed by atoms with Crippen molar-refractivity contribution in [2.75, 3.05) is 13.2 Å². The Morgan fingerprint density at radius 2 is 1.74 bits per heavy atom. The molecule has 0 fully saturated rings. The van der Waals surface area contributed by atoms with Crippen molar-refractivity contribution in [1.29, 1.82) is 0 Å². The third kappa shape index (κ3) is 4.99. The maximum atomic E-state index is 11.8. The standard InChI is InChI=1S/C20H22O3/c1-3-17(20(21)22-4-2)15-23-19-13-9-8-12-18(19)14-16-10-6-5-7-11-16/h3,5-13H,4,14-15H2,1-2H3/b17-3+. The van der Waals surface area contributed by atoms with Gasteiger partial charge in [-0.15, -0.1) is 0 Å². The Hall–Kier alpha value is -2.55. The van der Waals surface area contributed by atoms with Gasteiger partial charge in [-0.05, 0) is 31.0 Å². The number of hydrogen-bond acceptors (Lipinski definition) is 3. The summed E-state index contributed by atoms with van der Waals surface area (Å²) < 4.78 is 10.9. The molecule has 3 nitrogen and oxygen atoms in total. The van der Waals surface area contributed by atoms with Crippen LogP contribution in [0.4, 0.5) is 0 Å². The molecule has 0 bridgehead atoms. The normalized spacial score (nSPS) is 11.1. The predicted molar refractivity (Wildman–Crippen MR) is 91.6 cm³/mol. The molecule has 0 aliphatic heterocycles. The molecule has 3 heteroatoms. The maximum Gasteiger partial charge on any atom is 0.337 e. The molecule has 0 radical (unpaired) electrons. The van der Waals surface area contributed by atoms with E-state index in [1.54, 1.807) is 13.0 Å². The average molecular weight is 310 g/mol. The van der Waals surface area contributed by atoms with Crippen molar-refractivity contribution in [2.24, 2.45) is 0 Å². The van der Waals surface area contributed by atoms with Crippen LogP contribution in [0.25, 0.3) is 0 Å². The van der Waals surface area contributed by atoms with E-state index in [2.05, 4.69) is 12.1 Å². The van der Waals surface area contributed by atoms with Gasteiger partial charge in [-0.3, -0.25) is 0 Å². The number of carbonyl (C=O) groups is 1. The Balaban J connectivity index is 2.07. The zero-order chi connectivity index (χ0) is 16.5. The van der Waals surface area contributed by atoms with Gasteiger partial charge in [0.1, 0.15) is 12.4 Å². The first-order chi connectivity index (χ1) is 11.2. The largest absolute Gasteiger partial charge is 0.488 e. The number of carbonyl (C=O) groups excluding carboxylic acids is 1. The van der Waals surface area contributed by atoms with Crippen molar-refractivity contribution >= 4 is 5.97 Å². The Morgan fingerprint density at radius 3 is 2.43 bits per heavy atom. The van der Waals surface area contributed by atoms with E-state index in [0.717, 1.165) is 17.7 Å². The summed E-state index contributed by atoms with van der Waals surface area (Å²) in [5.41, 5.74) is 2.85. The number of allylic oxidation sites excluding steroid dienone is 1. The van der Waals surface area contributed by atoms with Crippen molar-refractivity contribution < 1.29 is 14.3 Å². The second-order valence-corrected chi connectivity index (χ2v) is 5.09. The van der Waals surface area contributed by atoms with Gasteiger partial charge in [-0.1, -0.05) is 54.6 Å². The Bertz CT molecular complexity index is 660. The van der Waals surface area contributed by atoms with E-state index in [1.807, 2.05) is 49.4 Å². The zero-order valence-corrected chi connectivity index (χ0v) is 13.6. The summed E-state index contributed by atoms with van der Waals surface area (Å²) in [5.74, 6) is 0.468. The highest BCUT2D eigenvalue weighted by atomic mass is 16.5. The van der Waals surface area contributed by atoms with Gasteiger partial charge in [0.05, 0.1) is 12.2 Å². The van der Waals surface area contributed by atoms with Crippen LogP contribution in [0.15, 0.2) is 66.2 Å². The third-order valence-electron chi connectivity index (χ3n) is 3.48. The van der Waals surface area contributed by atoms with Gasteiger partial charge >= 0.3 is 5.97 Å². The lowest BCUT2D eigenvalue weighted by Crippen LogP contribution is -2.14. The van der Waals surface area contributed by atoms with Crippen LogP contribution in [0.2, 0.25) is 0 Å². The molecule has 2 aromatic carbocycles. The molecule has 0 heterocycles. The highest BCUT2D eigenvalue weighted by molar-refractivity contribution is 5.88. The molecule has 120 valence electrons. The van der Waals surface area contributed by atoms with Crippen LogP contribution in [-0.2, 0) is 16.0 Å². The summed E-state index contributed by atoms with van der Waals surface area (Å²) in [5, 5.41) is 0. The van der Waals surface area contributed by atoms with Crippen LogP contribution in [0.1, 0.15) is 25.0 Å². The lowest BCUT2D eigenvalue weighted by molar-refractivity contribution is -0.138. The number of ether oxygens (including phenoxy) is 2. The average Bonchev–Trinajstić information content (AvgIpc) is 2.58. The van der Waals surface area contributed by atoms with E-state index in [0.29, 0.717) is 12.2 Å². The Kier molecular flexibility index (Phi) is 6.42. The summed E-state index contributed by atoms with van der Waals surface area (Å²) in [4.78, 5) is 11.8. The molecule has 0 N–H and O–H groups in total. The van der Waals surface area contributed by atoms with E-state index < -0.39 is 0 Å². The number of benzene rings is 2. The molecule has 0 saturated heterocycles. The lowest BCUT2D eigenvalue weighted by atomic mass is 10.0. The van der Waals surface area contributed by atoms with E-state index in [4.69, 9.17) is 9.47 Å². The van der Waals surface area contributed by atoms with Gasteiger partial charge in [-0.25, -0.2) is 4.79 Å². The van der Waals surface area contributed by atoms with Gasteiger partial charge < -0.3 is 9.47 Å². The minimum Gasteiger partial charge on any atom is -0.488 e. The first-order valence-electron chi connectivity index (χ1n) is 7.81. The van der Waals surface area contributed by atoms with Crippen LogP contribution in [-0.4, -0.2) is 19.2 Å². The molecule has 23 heavy (non-hydrogen) atoms. The lowest BCUT2D eigenvalue weighted by Gasteiger charge is -2.13. The summed E-state index contributed by atoms with van der Waals surface area (Å²) in [6.07, 6.45) is 2.53. The van der Waals surface area contributed by atoms with Crippen LogP contribution in [0, 0.1) is 0 Å². The van der Waals surface area contributed by atoms with Crippen molar-refractivity contribution in [3.05, 3.63) is 77.4 Å². The third-order valence-corrected chi connectivity index (χ3v) is 3.48. The number of hydrogen-bond donors (Lipinski definition) is 0. The van der Waals surface area contributed by atoms with Crippen LogP contribution >= 0.6 is 0 Å². The van der Waals surface area contributed by atoms with Gasteiger partial charge in [0.25, 0.3) is 0 Å². The monoisotopic (exact) mass is 310 g/mol. The van der Waals surface area contributed by atoms with Gasteiger partial charge in [0, 0.05) is 6.42 Å². The van der Waals surface area contributed by atoms with E-state index in [9.17, 15) is 4.79 Å². The molecule has 0 atom stereocenters. The second kappa shape index (κ2) is 8.79. The number of esters is 1. The quantitative estimate of drug-likeness (QED) is 0.569. The van der Waals surface area contributed by atoms with Crippen molar-refractivity contribution in [2.45, 2.75) is 20.3 Å². The molecule has 0 unspecified atom stereocenters. The molecule has 2 aromatic rings. The summed E-state index contributed by atoms with van der Waals surface area (Å²) in [7, 11) is 0. The van der Waals surface area contributed by atoms with E-state index in [1.165, 1.54) is 5.56 Å². The van der Waals surface area contributed by atoms with Crippen molar-refractivity contribution in [3.63, 3.8) is 0 Å². The van der Waals surface area contributed by atoms with Crippen LogP contribution in [0.3, 0.4) is 0 Å². The fourth-order valence-corrected chi connectivity index (χ4v) is 2.25. The molecule has 0 amide bonds. The first-order valence-corrected chi connectivity index (χ1v) is 7.81. The molecule has 2 rings (SSSR count). The van der Waals surface area contributed by atoms with Gasteiger partial charge in [0.15, 0.2) is 0 Å². The topological polar surface area (TPSA) is 35.5 Å². The van der Waals surface area contributed by atoms with Gasteiger partial charge in [0.2, 0.25) is 0 Å². The zero-order valence-electron chi connectivity index (χ0n) is 13.6. The molecule has 0 aliphatic carbocycles. The van der Waals surface area contributed by atoms with Crippen LogP contribution < -0.4 is 4.74 Å². The fourth-order valence-electron chi connectivity index (χ4n) is 2.25. The van der Waals surface area contributed by atoms with Crippen molar-refractivity contribution in [1.82, 2.24) is 0 Å². The van der Waals surface area contributed by atoms with E-state index in [-0.39, 0.29) is 12.6 Å². The maximum absolute atomic E-state index is 11.8. The molecule has 0 aliphatic rings. The smallest absolute Gasteiger partial charge is 0.337 e. The van der Waals surface area contributed by atoms with Crippen molar-refractivity contribution in [3.8, 4) is 5.75 Å². The molecular weight excluding hydrogens is 288 g/mol.